The van der Waals surface area contributed by atoms with Crippen LogP contribution in [0.4, 0.5) is 0 Å². The van der Waals surface area contributed by atoms with E-state index in [1.165, 1.54) is 16.0 Å². The third-order valence-electron chi connectivity index (χ3n) is 4.17. The summed E-state index contributed by atoms with van der Waals surface area (Å²) in [5, 5.41) is 5.95. The molecular weight excluding hydrogens is 282 g/mol. The maximum atomic E-state index is 5.40. The van der Waals surface area contributed by atoms with Gasteiger partial charge in [-0.05, 0) is 60.5 Å². The largest absolute Gasteiger partial charge is 0.493 e. The Balaban J connectivity index is 1.84. The van der Waals surface area contributed by atoms with Crippen LogP contribution in [0.2, 0.25) is 0 Å². The number of rotatable bonds is 4. The van der Waals surface area contributed by atoms with Gasteiger partial charge in [0.1, 0.15) is 0 Å². The van der Waals surface area contributed by atoms with Gasteiger partial charge in [0.15, 0.2) is 11.5 Å². The zero-order valence-electron chi connectivity index (χ0n) is 12.7. The number of hydrogen-bond acceptors (Lipinski definition) is 4. The third-order valence-corrected chi connectivity index (χ3v) is 5.14. The summed E-state index contributed by atoms with van der Waals surface area (Å²) in [6.45, 7) is 3.28. The first-order valence-corrected chi connectivity index (χ1v) is 8.12. The molecule has 0 saturated carbocycles. The van der Waals surface area contributed by atoms with E-state index in [9.17, 15) is 0 Å². The van der Waals surface area contributed by atoms with Crippen molar-refractivity contribution in [2.45, 2.75) is 25.8 Å². The molecule has 112 valence electrons. The molecule has 2 heterocycles. The van der Waals surface area contributed by atoms with Crippen molar-refractivity contribution in [2.24, 2.45) is 0 Å². The molecule has 0 saturated heterocycles. The first-order chi connectivity index (χ1) is 10.2. The van der Waals surface area contributed by atoms with Crippen molar-refractivity contribution in [1.82, 2.24) is 5.32 Å². The minimum Gasteiger partial charge on any atom is -0.493 e. The van der Waals surface area contributed by atoms with Gasteiger partial charge in [-0.2, -0.15) is 0 Å². The fourth-order valence-electron chi connectivity index (χ4n) is 3.02. The van der Waals surface area contributed by atoms with E-state index >= 15 is 0 Å². The van der Waals surface area contributed by atoms with Crippen LogP contribution >= 0.6 is 11.3 Å². The van der Waals surface area contributed by atoms with Crippen LogP contribution in [0.3, 0.4) is 0 Å². The van der Waals surface area contributed by atoms with Crippen LogP contribution in [0, 0.1) is 6.92 Å². The summed E-state index contributed by atoms with van der Waals surface area (Å²) >= 11 is 1.86. The van der Waals surface area contributed by atoms with E-state index < -0.39 is 0 Å². The van der Waals surface area contributed by atoms with Gasteiger partial charge in [0.2, 0.25) is 0 Å². The van der Waals surface area contributed by atoms with Gasteiger partial charge in [0.05, 0.1) is 14.2 Å². The molecule has 0 bridgehead atoms. The number of aryl methyl sites for hydroxylation is 1. The van der Waals surface area contributed by atoms with Gasteiger partial charge in [0, 0.05) is 10.9 Å². The van der Waals surface area contributed by atoms with Crippen LogP contribution in [0.5, 0.6) is 11.5 Å². The molecule has 1 N–H and O–H groups in total. The monoisotopic (exact) mass is 303 g/mol. The summed E-state index contributed by atoms with van der Waals surface area (Å²) in [7, 11) is 3.35. The van der Waals surface area contributed by atoms with Gasteiger partial charge < -0.3 is 14.8 Å². The summed E-state index contributed by atoms with van der Waals surface area (Å²) < 4.78 is 10.7. The molecule has 1 aliphatic rings. The van der Waals surface area contributed by atoms with Crippen LogP contribution in [0.25, 0.3) is 0 Å². The number of benzene rings is 1. The summed E-state index contributed by atoms with van der Waals surface area (Å²) in [5.74, 6) is 1.58. The quantitative estimate of drug-likeness (QED) is 0.937. The van der Waals surface area contributed by atoms with Crippen LogP contribution in [-0.4, -0.2) is 20.8 Å². The zero-order valence-corrected chi connectivity index (χ0v) is 13.5. The van der Waals surface area contributed by atoms with Crippen molar-refractivity contribution in [3.63, 3.8) is 0 Å². The van der Waals surface area contributed by atoms with E-state index in [-0.39, 0.29) is 0 Å². The van der Waals surface area contributed by atoms with E-state index in [0.29, 0.717) is 6.04 Å². The first kappa shape index (κ1) is 14.4. The Bertz CT molecular complexity index is 636. The Morgan fingerprint density at radius 2 is 2.05 bits per heavy atom. The summed E-state index contributed by atoms with van der Waals surface area (Å²) in [4.78, 5) is 1.46. The number of methoxy groups -OCH3 is 2. The number of nitrogens with one attached hydrogen (secondary N) is 1. The summed E-state index contributed by atoms with van der Waals surface area (Å²) in [6, 6.07) is 6.58. The van der Waals surface area contributed by atoms with Gasteiger partial charge in [-0.25, -0.2) is 0 Å². The van der Waals surface area contributed by atoms with Crippen LogP contribution in [-0.2, 0) is 12.8 Å². The Kier molecular flexibility index (Phi) is 4.17. The Labute approximate surface area is 129 Å². The lowest BCUT2D eigenvalue weighted by Gasteiger charge is -2.25. The molecule has 0 aliphatic carbocycles. The van der Waals surface area contributed by atoms with E-state index in [1.54, 1.807) is 19.8 Å². The molecule has 0 fully saturated rings. The maximum Gasteiger partial charge on any atom is 0.160 e. The van der Waals surface area contributed by atoms with Crippen molar-refractivity contribution in [3.05, 3.63) is 45.1 Å². The molecule has 2 aromatic rings. The molecule has 4 heteroatoms. The van der Waals surface area contributed by atoms with E-state index in [2.05, 4.69) is 29.8 Å². The lowest BCUT2D eigenvalue weighted by atomic mass is 9.92. The third kappa shape index (κ3) is 2.78. The lowest BCUT2D eigenvalue weighted by molar-refractivity contribution is 0.354. The highest BCUT2D eigenvalue weighted by atomic mass is 32.1. The summed E-state index contributed by atoms with van der Waals surface area (Å²) in [5.41, 5.74) is 4.28. The predicted molar refractivity (Wildman–Crippen MR) is 86.8 cm³/mol. The molecule has 1 aromatic heterocycles. The standard InChI is InChI=1S/C17H21NO2S/c1-11-13-6-7-18-15(14(13)10-21-11)8-12-4-5-16(19-2)17(9-12)20-3/h4-5,9-10,15,18H,6-8H2,1-3H3. The number of hydrogen-bond donors (Lipinski definition) is 1. The molecule has 21 heavy (non-hydrogen) atoms. The van der Waals surface area contributed by atoms with Gasteiger partial charge in [-0.1, -0.05) is 6.07 Å². The van der Waals surface area contributed by atoms with Crippen LogP contribution < -0.4 is 14.8 Å². The Morgan fingerprint density at radius 3 is 2.81 bits per heavy atom. The van der Waals surface area contributed by atoms with Crippen LogP contribution in [0.1, 0.15) is 27.6 Å². The average Bonchev–Trinajstić information content (AvgIpc) is 2.90. The fourth-order valence-corrected chi connectivity index (χ4v) is 3.99. The van der Waals surface area contributed by atoms with E-state index in [4.69, 9.17) is 9.47 Å². The molecule has 3 rings (SSSR count). The minimum absolute atomic E-state index is 0.400. The highest BCUT2D eigenvalue weighted by Crippen LogP contribution is 2.34. The van der Waals surface area contributed by atoms with Crippen LogP contribution in [0.15, 0.2) is 23.6 Å². The Hall–Kier alpha value is -1.52. The maximum absolute atomic E-state index is 5.40. The average molecular weight is 303 g/mol. The van der Waals surface area contributed by atoms with Crippen molar-refractivity contribution < 1.29 is 9.47 Å². The number of ether oxygens (including phenoxy) is 2. The highest BCUT2D eigenvalue weighted by molar-refractivity contribution is 7.10. The molecule has 1 aliphatic heterocycles. The molecule has 0 amide bonds. The van der Waals surface area contributed by atoms with Crippen molar-refractivity contribution in [3.8, 4) is 11.5 Å². The highest BCUT2D eigenvalue weighted by Gasteiger charge is 2.22. The normalized spacial score (nSPS) is 17.4. The molecule has 0 radical (unpaired) electrons. The second-order valence-electron chi connectivity index (χ2n) is 5.38. The van der Waals surface area contributed by atoms with E-state index in [1.807, 2.05) is 17.4 Å². The smallest absolute Gasteiger partial charge is 0.160 e. The van der Waals surface area contributed by atoms with Gasteiger partial charge >= 0.3 is 0 Å². The molecule has 1 aromatic carbocycles. The van der Waals surface area contributed by atoms with E-state index in [0.717, 1.165) is 30.9 Å². The zero-order chi connectivity index (χ0) is 14.8. The second-order valence-corrected chi connectivity index (χ2v) is 6.46. The second kappa shape index (κ2) is 6.08. The SMILES string of the molecule is COc1ccc(CC2NCCc3c2csc3C)cc1OC. The van der Waals surface area contributed by atoms with Gasteiger partial charge in [0.25, 0.3) is 0 Å². The molecular formula is C17H21NO2S. The molecule has 0 spiro atoms. The van der Waals surface area contributed by atoms with Crippen molar-refractivity contribution in [1.29, 1.82) is 0 Å². The Morgan fingerprint density at radius 1 is 1.24 bits per heavy atom. The number of fused-ring (bicyclic) bond motifs is 1. The van der Waals surface area contributed by atoms with Gasteiger partial charge in [-0.3, -0.25) is 0 Å². The summed E-state index contributed by atoms with van der Waals surface area (Å²) in [6.07, 6.45) is 2.12. The molecule has 3 nitrogen and oxygen atoms in total. The first-order valence-electron chi connectivity index (χ1n) is 7.24. The fraction of sp³-hybridized carbons (Fsp3) is 0.412. The lowest BCUT2D eigenvalue weighted by Crippen LogP contribution is -2.30. The molecule has 1 unspecified atom stereocenters. The van der Waals surface area contributed by atoms with Crippen molar-refractivity contribution in [2.75, 3.05) is 20.8 Å². The number of thiophene rings is 1. The molecule has 1 atom stereocenters. The topological polar surface area (TPSA) is 30.5 Å². The van der Waals surface area contributed by atoms with Gasteiger partial charge in [-0.15, -0.1) is 11.3 Å². The minimum atomic E-state index is 0.400. The van der Waals surface area contributed by atoms with Crippen molar-refractivity contribution >= 4 is 11.3 Å². The predicted octanol–water partition coefficient (Wildman–Crippen LogP) is 3.50.